The SMILES string of the molecule is CNC(=O)NC(=O)[C@H](C)OC(=O)c1ccc(I)cc1. The summed E-state index contributed by atoms with van der Waals surface area (Å²) < 4.78 is 5.94. The Balaban J connectivity index is 2.59. The Bertz CT molecular complexity index is 487. The Hall–Kier alpha value is -1.64. The molecule has 0 saturated heterocycles. The van der Waals surface area contributed by atoms with Crippen LogP contribution < -0.4 is 10.6 Å². The first-order valence-electron chi connectivity index (χ1n) is 5.43. The van der Waals surface area contributed by atoms with Crippen molar-refractivity contribution in [3.63, 3.8) is 0 Å². The Morgan fingerprint density at radius 2 is 1.79 bits per heavy atom. The lowest BCUT2D eigenvalue weighted by Gasteiger charge is -2.12. The first-order valence-corrected chi connectivity index (χ1v) is 6.51. The molecule has 0 saturated carbocycles. The molecule has 0 heterocycles. The van der Waals surface area contributed by atoms with E-state index in [9.17, 15) is 14.4 Å². The number of imide groups is 1. The fraction of sp³-hybridized carbons (Fsp3) is 0.250. The van der Waals surface area contributed by atoms with E-state index in [4.69, 9.17) is 4.74 Å². The molecule has 19 heavy (non-hydrogen) atoms. The maximum absolute atomic E-state index is 11.7. The molecular weight excluding hydrogens is 363 g/mol. The first kappa shape index (κ1) is 15.4. The van der Waals surface area contributed by atoms with Gasteiger partial charge in [-0.25, -0.2) is 9.59 Å². The van der Waals surface area contributed by atoms with Crippen molar-refractivity contribution < 1.29 is 19.1 Å². The van der Waals surface area contributed by atoms with E-state index >= 15 is 0 Å². The second-order valence-electron chi connectivity index (χ2n) is 3.62. The van der Waals surface area contributed by atoms with Gasteiger partial charge >= 0.3 is 12.0 Å². The zero-order chi connectivity index (χ0) is 14.4. The van der Waals surface area contributed by atoms with Gasteiger partial charge in [0.15, 0.2) is 6.10 Å². The first-order chi connectivity index (χ1) is 8.93. The van der Waals surface area contributed by atoms with E-state index in [1.165, 1.54) is 14.0 Å². The predicted molar refractivity (Wildman–Crippen MR) is 76.6 cm³/mol. The van der Waals surface area contributed by atoms with Crippen molar-refractivity contribution in [3.05, 3.63) is 33.4 Å². The third kappa shape index (κ3) is 4.86. The number of hydrogen-bond acceptors (Lipinski definition) is 4. The Morgan fingerprint density at radius 3 is 2.32 bits per heavy atom. The molecule has 7 heteroatoms. The van der Waals surface area contributed by atoms with E-state index in [2.05, 4.69) is 27.9 Å². The number of esters is 1. The maximum Gasteiger partial charge on any atom is 0.338 e. The number of hydrogen-bond donors (Lipinski definition) is 2. The number of rotatable bonds is 3. The number of ether oxygens (including phenoxy) is 1. The summed E-state index contributed by atoms with van der Waals surface area (Å²) in [5.74, 6) is -1.30. The molecule has 0 aliphatic heterocycles. The van der Waals surface area contributed by atoms with Gasteiger partial charge < -0.3 is 10.1 Å². The molecule has 0 aliphatic rings. The molecule has 1 rings (SSSR count). The summed E-state index contributed by atoms with van der Waals surface area (Å²) in [5, 5.41) is 4.26. The summed E-state index contributed by atoms with van der Waals surface area (Å²) in [6.07, 6.45) is -1.05. The molecule has 2 N–H and O–H groups in total. The van der Waals surface area contributed by atoms with Crippen molar-refractivity contribution in [1.29, 1.82) is 0 Å². The molecule has 3 amide bonds. The monoisotopic (exact) mass is 376 g/mol. The predicted octanol–water partition coefficient (Wildman–Crippen LogP) is 1.29. The quantitative estimate of drug-likeness (QED) is 0.615. The lowest BCUT2D eigenvalue weighted by molar-refractivity contribution is -0.127. The summed E-state index contributed by atoms with van der Waals surface area (Å²) in [4.78, 5) is 34.1. The number of carbonyl (C=O) groups is 3. The van der Waals surface area contributed by atoms with Crippen LogP contribution in [0.25, 0.3) is 0 Å². The smallest absolute Gasteiger partial charge is 0.338 e. The van der Waals surface area contributed by atoms with Gasteiger partial charge in [0.2, 0.25) is 0 Å². The number of amides is 3. The topological polar surface area (TPSA) is 84.5 Å². The van der Waals surface area contributed by atoms with Gasteiger partial charge in [-0.05, 0) is 53.8 Å². The summed E-state index contributed by atoms with van der Waals surface area (Å²) >= 11 is 2.11. The summed E-state index contributed by atoms with van der Waals surface area (Å²) in [7, 11) is 1.38. The molecule has 0 fully saturated rings. The van der Waals surface area contributed by atoms with Crippen molar-refractivity contribution >= 4 is 40.5 Å². The van der Waals surface area contributed by atoms with Crippen LogP contribution in [0.4, 0.5) is 4.79 Å². The van der Waals surface area contributed by atoms with Gasteiger partial charge in [-0.3, -0.25) is 10.1 Å². The molecule has 6 nitrogen and oxygen atoms in total. The van der Waals surface area contributed by atoms with Gasteiger partial charge in [0.05, 0.1) is 5.56 Å². The molecule has 0 bridgehead atoms. The molecule has 0 aromatic heterocycles. The highest BCUT2D eigenvalue weighted by molar-refractivity contribution is 14.1. The molecular formula is C12H13IN2O4. The van der Waals surface area contributed by atoms with Crippen LogP contribution in [0.5, 0.6) is 0 Å². The lowest BCUT2D eigenvalue weighted by Crippen LogP contribution is -2.43. The number of urea groups is 1. The van der Waals surface area contributed by atoms with Crippen LogP contribution in [0.15, 0.2) is 24.3 Å². The van der Waals surface area contributed by atoms with Crippen molar-refractivity contribution in [3.8, 4) is 0 Å². The minimum absolute atomic E-state index is 0.347. The molecule has 0 unspecified atom stereocenters. The van der Waals surface area contributed by atoms with E-state index in [-0.39, 0.29) is 0 Å². The van der Waals surface area contributed by atoms with E-state index in [0.717, 1.165) is 3.57 Å². The van der Waals surface area contributed by atoms with Crippen LogP contribution >= 0.6 is 22.6 Å². The molecule has 0 aliphatic carbocycles. The summed E-state index contributed by atoms with van der Waals surface area (Å²) in [5.41, 5.74) is 0.347. The highest BCUT2D eigenvalue weighted by Crippen LogP contribution is 2.09. The van der Waals surface area contributed by atoms with Gasteiger partial charge in [0.25, 0.3) is 5.91 Å². The van der Waals surface area contributed by atoms with Crippen molar-refractivity contribution in [2.24, 2.45) is 0 Å². The van der Waals surface area contributed by atoms with Crippen molar-refractivity contribution in [2.75, 3.05) is 7.05 Å². The van der Waals surface area contributed by atoms with Gasteiger partial charge in [-0.1, -0.05) is 0 Å². The van der Waals surface area contributed by atoms with Crippen LogP contribution in [0.2, 0.25) is 0 Å². The zero-order valence-electron chi connectivity index (χ0n) is 10.4. The van der Waals surface area contributed by atoms with Crippen LogP contribution in [-0.4, -0.2) is 31.1 Å². The van der Waals surface area contributed by atoms with E-state index in [0.29, 0.717) is 5.56 Å². The molecule has 1 atom stereocenters. The standard InChI is InChI=1S/C12H13IN2O4/c1-7(10(16)15-12(18)14-2)19-11(17)8-3-5-9(13)6-4-8/h3-7H,1-2H3,(H2,14,15,16,18)/t7-/m0/s1. The fourth-order valence-electron chi connectivity index (χ4n) is 1.14. The largest absolute Gasteiger partial charge is 0.449 e. The summed E-state index contributed by atoms with van der Waals surface area (Å²) in [6, 6.07) is 6.07. The fourth-order valence-corrected chi connectivity index (χ4v) is 1.50. The number of benzene rings is 1. The van der Waals surface area contributed by atoms with E-state index in [1.807, 2.05) is 5.32 Å². The van der Waals surface area contributed by atoms with Crippen LogP contribution in [-0.2, 0) is 9.53 Å². The van der Waals surface area contributed by atoms with E-state index < -0.39 is 24.0 Å². The Labute approximate surface area is 124 Å². The molecule has 1 aromatic carbocycles. The van der Waals surface area contributed by atoms with Crippen molar-refractivity contribution in [1.82, 2.24) is 10.6 Å². The van der Waals surface area contributed by atoms with Gasteiger partial charge in [-0.2, -0.15) is 0 Å². The Kier molecular flexibility index (Phi) is 5.74. The average molecular weight is 376 g/mol. The highest BCUT2D eigenvalue weighted by Gasteiger charge is 2.20. The van der Waals surface area contributed by atoms with Gasteiger partial charge in [-0.15, -0.1) is 0 Å². The number of nitrogens with one attached hydrogen (secondary N) is 2. The minimum atomic E-state index is -1.05. The zero-order valence-corrected chi connectivity index (χ0v) is 12.6. The second kappa shape index (κ2) is 7.07. The van der Waals surface area contributed by atoms with Crippen LogP contribution in [0.1, 0.15) is 17.3 Å². The molecule has 0 radical (unpaired) electrons. The number of carbonyl (C=O) groups excluding carboxylic acids is 3. The maximum atomic E-state index is 11.7. The normalized spacial score (nSPS) is 11.3. The summed E-state index contributed by atoms with van der Waals surface area (Å²) in [6.45, 7) is 1.39. The van der Waals surface area contributed by atoms with Gasteiger partial charge in [0, 0.05) is 10.6 Å². The Morgan fingerprint density at radius 1 is 1.21 bits per heavy atom. The van der Waals surface area contributed by atoms with Gasteiger partial charge in [0.1, 0.15) is 0 Å². The van der Waals surface area contributed by atoms with Crippen LogP contribution in [0.3, 0.4) is 0 Å². The van der Waals surface area contributed by atoms with E-state index in [1.54, 1.807) is 24.3 Å². The molecule has 0 spiro atoms. The number of halogens is 1. The average Bonchev–Trinajstić information content (AvgIpc) is 2.38. The second-order valence-corrected chi connectivity index (χ2v) is 4.87. The lowest BCUT2D eigenvalue weighted by atomic mass is 10.2. The minimum Gasteiger partial charge on any atom is -0.449 e. The van der Waals surface area contributed by atoms with Crippen LogP contribution in [0, 0.1) is 3.57 Å². The third-order valence-corrected chi connectivity index (χ3v) is 2.92. The third-order valence-electron chi connectivity index (χ3n) is 2.20. The molecule has 102 valence electrons. The molecule has 1 aromatic rings. The van der Waals surface area contributed by atoms with Crippen molar-refractivity contribution in [2.45, 2.75) is 13.0 Å². The highest BCUT2D eigenvalue weighted by atomic mass is 127.